The summed E-state index contributed by atoms with van der Waals surface area (Å²) in [4.78, 5) is 14.2. The number of nitrogens with zero attached hydrogens (tertiary/aromatic N) is 1. The Hall–Kier alpha value is -2.07. The normalized spacial score (nSPS) is 10.8. The van der Waals surface area contributed by atoms with Gasteiger partial charge < -0.3 is 9.15 Å². The summed E-state index contributed by atoms with van der Waals surface area (Å²) < 4.78 is 10.4. The number of carbonyl (C=O) groups is 1. The Morgan fingerprint density at radius 2 is 2.15 bits per heavy atom. The van der Waals surface area contributed by atoms with Gasteiger partial charge in [-0.1, -0.05) is 12.1 Å². The lowest BCUT2D eigenvalue weighted by Gasteiger charge is -2.15. The van der Waals surface area contributed by atoms with E-state index < -0.39 is 0 Å². The SMILES string of the molecule is COc1cccc(C(=O)CN(C)Cc2ccoc2C)c1. The van der Waals surface area contributed by atoms with Crippen molar-refractivity contribution in [2.24, 2.45) is 0 Å². The van der Waals surface area contributed by atoms with Crippen molar-refractivity contribution in [3.8, 4) is 5.75 Å². The molecule has 0 N–H and O–H groups in total. The minimum absolute atomic E-state index is 0.0764. The van der Waals surface area contributed by atoms with Gasteiger partial charge in [0.1, 0.15) is 11.5 Å². The fourth-order valence-corrected chi connectivity index (χ4v) is 2.05. The van der Waals surface area contributed by atoms with Crippen LogP contribution in [-0.4, -0.2) is 31.4 Å². The Bertz CT molecular complexity index is 589. The van der Waals surface area contributed by atoms with Crippen molar-refractivity contribution in [3.05, 3.63) is 53.5 Å². The summed E-state index contributed by atoms with van der Waals surface area (Å²) in [6.07, 6.45) is 1.67. The quantitative estimate of drug-likeness (QED) is 0.759. The van der Waals surface area contributed by atoms with Crippen molar-refractivity contribution in [1.82, 2.24) is 4.90 Å². The Morgan fingerprint density at radius 3 is 2.80 bits per heavy atom. The molecule has 0 bridgehead atoms. The molecule has 0 amide bonds. The van der Waals surface area contributed by atoms with Gasteiger partial charge in [-0.05, 0) is 32.2 Å². The van der Waals surface area contributed by atoms with E-state index in [2.05, 4.69) is 0 Å². The molecule has 0 saturated carbocycles. The molecule has 4 nitrogen and oxygen atoms in total. The maximum atomic E-state index is 12.2. The summed E-state index contributed by atoms with van der Waals surface area (Å²) >= 11 is 0. The number of ether oxygens (including phenoxy) is 1. The summed E-state index contributed by atoms with van der Waals surface area (Å²) in [5, 5.41) is 0. The molecule has 0 spiro atoms. The zero-order chi connectivity index (χ0) is 14.5. The average Bonchev–Trinajstić information content (AvgIpc) is 2.84. The molecular weight excluding hydrogens is 254 g/mol. The van der Waals surface area contributed by atoms with E-state index in [9.17, 15) is 4.79 Å². The zero-order valence-electron chi connectivity index (χ0n) is 12.1. The number of carbonyl (C=O) groups excluding carboxylic acids is 1. The van der Waals surface area contributed by atoms with Crippen LogP contribution in [0.15, 0.2) is 41.0 Å². The van der Waals surface area contributed by atoms with Gasteiger partial charge in [-0.15, -0.1) is 0 Å². The average molecular weight is 273 g/mol. The predicted molar refractivity (Wildman–Crippen MR) is 77.1 cm³/mol. The third-order valence-electron chi connectivity index (χ3n) is 3.21. The second-order valence-corrected chi connectivity index (χ2v) is 4.83. The van der Waals surface area contributed by atoms with Crippen LogP contribution in [0, 0.1) is 6.92 Å². The molecule has 20 heavy (non-hydrogen) atoms. The number of likely N-dealkylation sites (N-methyl/N-ethyl adjacent to an activating group) is 1. The lowest BCUT2D eigenvalue weighted by molar-refractivity contribution is 0.0942. The number of rotatable bonds is 6. The van der Waals surface area contributed by atoms with Crippen LogP contribution in [0.4, 0.5) is 0 Å². The van der Waals surface area contributed by atoms with Gasteiger partial charge in [-0.2, -0.15) is 0 Å². The summed E-state index contributed by atoms with van der Waals surface area (Å²) in [5.41, 5.74) is 1.77. The van der Waals surface area contributed by atoms with Gasteiger partial charge in [0.05, 0.1) is 19.9 Å². The number of ketones is 1. The van der Waals surface area contributed by atoms with Crippen LogP contribution in [0.1, 0.15) is 21.7 Å². The molecular formula is C16H19NO3. The van der Waals surface area contributed by atoms with Crippen molar-refractivity contribution < 1.29 is 13.9 Å². The highest BCUT2D eigenvalue weighted by molar-refractivity contribution is 5.97. The van der Waals surface area contributed by atoms with E-state index in [1.54, 1.807) is 19.4 Å². The van der Waals surface area contributed by atoms with E-state index in [1.807, 2.05) is 43.1 Å². The molecule has 0 atom stereocenters. The maximum absolute atomic E-state index is 12.2. The number of furan rings is 1. The fourth-order valence-electron chi connectivity index (χ4n) is 2.05. The predicted octanol–water partition coefficient (Wildman–Crippen LogP) is 2.91. The minimum Gasteiger partial charge on any atom is -0.497 e. The van der Waals surface area contributed by atoms with E-state index in [0.717, 1.165) is 11.3 Å². The molecule has 0 saturated heterocycles. The lowest BCUT2D eigenvalue weighted by atomic mass is 10.1. The van der Waals surface area contributed by atoms with Gasteiger partial charge in [0.25, 0.3) is 0 Å². The van der Waals surface area contributed by atoms with E-state index in [4.69, 9.17) is 9.15 Å². The molecule has 1 heterocycles. The topological polar surface area (TPSA) is 42.7 Å². The first-order chi connectivity index (χ1) is 9.60. The third kappa shape index (κ3) is 3.48. The second-order valence-electron chi connectivity index (χ2n) is 4.83. The highest BCUT2D eigenvalue weighted by Gasteiger charge is 2.12. The van der Waals surface area contributed by atoms with Gasteiger partial charge >= 0.3 is 0 Å². The molecule has 0 radical (unpaired) electrons. The van der Waals surface area contributed by atoms with Crippen LogP contribution in [0.25, 0.3) is 0 Å². The Balaban J connectivity index is 1.98. The molecule has 0 aliphatic carbocycles. The largest absolute Gasteiger partial charge is 0.497 e. The van der Waals surface area contributed by atoms with Crippen LogP contribution in [0.5, 0.6) is 5.75 Å². The lowest BCUT2D eigenvalue weighted by Crippen LogP contribution is -2.25. The second kappa shape index (κ2) is 6.39. The number of hydrogen-bond acceptors (Lipinski definition) is 4. The van der Waals surface area contributed by atoms with Crippen LogP contribution >= 0.6 is 0 Å². The summed E-state index contributed by atoms with van der Waals surface area (Å²) in [6, 6.07) is 9.16. The number of hydrogen-bond donors (Lipinski definition) is 0. The van der Waals surface area contributed by atoms with Gasteiger partial charge in [0, 0.05) is 17.7 Å². The van der Waals surface area contributed by atoms with Crippen LogP contribution < -0.4 is 4.74 Å². The number of methoxy groups -OCH3 is 1. The first-order valence-corrected chi connectivity index (χ1v) is 6.49. The van der Waals surface area contributed by atoms with Crippen LogP contribution in [0.3, 0.4) is 0 Å². The van der Waals surface area contributed by atoms with Crippen molar-refractivity contribution >= 4 is 5.78 Å². The maximum Gasteiger partial charge on any atom is 0.176 e. The first-order valence-electron chi connectivity index (χ1n) is 6.49. The molecule has 1 aromatic carbocycles. The first kappa shape index (κ1) is 14.3. The summed E-state index contributed by atoms with van der Waals surface area (Å²) in [5.74, 6) is 1.67. The number of benzene rings is 1. The van der Waals surface area contributed by atoms with Gasteiger partial charge in [-0.3, -0.25) is 9.69 Å². The summed E-state index contributed by atoms with van der Waals surface area (Å²) in [6.45, 7) is 2.98. The standard InChI is InChI=1S/C16H19NO3/c1-12-14(7-8-20-12)10-17(2)11-16(18)13-5-4-6-15(9-13)19-3/h4-9H,10-11H2,1-3H3. The van der Waals surface area contributed by atoms with E-state index in [0.29, 0.717) is 24.4 Å². The monoisotopic (exact) mass is 273 g/mol. The zero-order valence-corrected chi connectivity index (χ0v) is 12.1. The molecule has 4 heteroatoms. The Labute approximate surface area is 119 Å². The minimum atomic E-state index is 0.0764. The molecule has 2 rings (SSSR count). The van der Waals surface area contributed by atoms with Crippen molar-refractivity contribution in [2.75, 3.05) is 20.7 Å². The van der Waals surface area contributed by atoms with Gasteiger partial charge in [0.2, 0.25) is 0 Å². The number of aryl methyl sites for hydroxylation is 1. The molecule has 0 aliphatic rings. The smallest absolute Gasteiger partial charge is 0.176 e. The van der Waals surface area contributed by atoms with Gasteiger partial charge in [-0.25, -0.2) is 0 Å². The highest BCUT2D eigenvalue weighted by Crippen LogP contribution is 2.14. The highest BCUT2D eigenvalue weighted by atomic mass is 16.5. The molecule has 0 aliphatic heterocycles. The Morgan fingerprint density at radius 1 is 1.35 bits per heavy atom. The van der Waals surface area contributed by atoms with Crippen molar-refractivity contribution in [2.45, 2.75) is 13.5 Å². The molecule has 2 aromatic rings. The van der Waals surface area contributed by atoms with E-state index >= 15 is 0 Å². The van der Waals surface area contributed by atoms with Crippen molar-refractivity contribution in [3.63, 3.8) is 0 Å². The van der Waals surface area contributed by atoms with E-state index in [1.165, 1.54) is 0 Å². The van der Waals surface area contributed by atoms with Crippen LogP contribution in [0.2, 0.25) is 0 Å². The van der Waals surface area contributed by atoms with Crippen molar-refractivity contribution in [1.29, 1.82) is 0 Å². The molecule has 106 valence electrons. The Kier molecular flexibility index (Phi) is 4.58. The third-order valence-corrected chi connectivity index (χ3v) is 3.21. The summed E-state index contributed by atoms with van der Waals surface area (Å²) in [7, 11) is 3.52. The van der Waals surface area contributed by atoms with Gasteiger partial charge in [0.15, 0.2) is 5.78 Å². The van der Waals surface area contributed by atoms with Crippen LogP contribution in [-0.2, 0) is 6.54 Å². The number of Topliss-reactive ketones (excluding diaryl/α,β-unsaturated/α-hetero) is 1. The molecule has 0 fully saturated rings. The molecule has 0 unspecified atom stereocenters. The van der Waals surface area contributed by atoms with E-state index in [-0.39, 0.29) is 5.78 Å². The fraction of sp³-hybridized carbons (Fsp3) is 0.312. The molecule has 1 aromatic heterocycles.